The van der Waals surface area contributed by atoms with E-state index in [1.807, 2.05) is 0 Å². The summed E-state index contributed by atoms with van der Waals surface area (Å²) in [6, 6.07) is 3.91. The van der Waals surface area contributed by atoms with Crippen molar-refractivity contribution in [2.45, 2.75) is 0 Å². The SMILES string of the molecule is O=C(O)c1cnc(=O)n2c1sc1cc(F)ccc12. The van der Waals surface area contributed by atoms with Crippen LogP contribution in [-0.2, 0) is 0 Å². The van der Waals surface area contributed by atoms with E-state index in [0.29, 0.717) is 10.2 Å². The lowest BCUT2D eigenvalue weighted by Gasteiger charge is -1.97. The van der Waals surface area contributed by atoms with Crippen LogP contribution in [0.25, 0.3) is 15.0 Å². The topological polar surface area (TPSA) is 71.7 Å². The zero-order valence-electron chi connectivity index (χ0n) is 8.75. The second kappa shape index (κ2) is 3.61. The summed E-state index contributed by atoms with van der Waals surface area (Å²) in [5.74, 6) is -1.61. The van der Waals surface area contributed by atoms with Gasteiger partial charge in [0, 0.05) is 0 Å². The van der Waals surface area contributed by atoms with Gasteiger partial charge >= 0.3 is 11.7 Å². The number of hydrogen-bond acceptors (Lipinski definition) is 4. The Morgan fingerprint density at radius 3 is 2.94 bits per heavy atom. The fraction of sp³-hybridized carbons (Fsp3) is 0. The number of carboxylic acid groups (broad SMARTS) is 1. The van der Waals surface area contributed by atoms with Crippen molar-refractivity contribution in [2.75, 3.05) is 0 Å². The molecule has 3 aromatic rings. The molecule has 2 aromatic heterocycles. The maximum Gasteiger partial charge on any atom is 0.353 e. The first-order valence-electron chi connectivity index (χ1n) is 4.91. The van der Waals surface area contributed by atoms with E-state index in [4.69, 9.17) is 5.11 Å². The highest BCUT2D eigenvalue weighted by atomic mass is 32.1. The number of carboxylic acids is 1. The molecule has 0 bridgehead atoms. The molecule has 0 unspecified atom stereocenters. The van der Waals surface area contributed by atoms with Gasteiger partial charge in [-0.2, -0.15) is 0 Å². The number of aromatic nitrogens is 2. The van der Waals surface area contributed by atoms with Crippen LogP contribution in [-0.4, -0.2) is 20.5 Å². The molecule has 0 spiro atoms. The molecular weight excluding hydrogens is 259 g/mol. The summed E-state index contributed by atoms with van der Waals surface area (Å²) in [4.78, 5) is 26.5. The molecule has 0 aliphatic carbocycles. The van der Waals surface area contributed by atoms with E-state index in [9.17, 15) is 14.0 Å². The molecule has 2 heterocycles. The minimum Gasteiger partial charge on any atom is -0.478 e. The number of aromatic carboxylic acids is 1. The molecule has 0 aliphatic heterocycles. The third-order valence-corrected chi connectivity index (χ3v) is 3.67. The van der Waals surface area contributed by atoms with Crippen LogP contribution in [0, 0.1) is 5.82 Å². The predicted molar refractivity (Wildman–Crippen MR) is 63.8 cm³/mol. The average molecular weight is 264 g/mol. The van der Waals surface area contributed by atoms with Crippen LogP contribution < -0.4 is 5.69 Å². The van der Waals surface area contributed by atoms with Crippen LogP contribution in [0.15, 0.2) is 29.2 Å². The van der Waals surface area contributed by atoms with Gasteiger partial charge < -0.3 is 5.11 Å². The summed E-state index contributed by atoms with van der Waals surface area (Å²) in [5.41, 5.74) is -0.193. The molecule has 18 heavy (non-hydrogen) atoms. The Labute approximate surface area is 103 Å². The van der Waals surface area contributed by atoms with E-state index >= 15 is 0 Å². The molecule has 1 aromatic carbocycles. The van der Waals surface area contributed by atoms with Crippen LogP contribution in [0.1, 0.15) is 10.4 Å². The van der Waals surface area contributed by atoms with Gasteiger partial charge in [0.25, 0.3) is 0 Å². The molecule has 7 heteroatoms. The number of thiazole rings is 1. The Bertz CT molecular complexity index is 852. The lowest BCUT2D eigenvalue weighted by Crippen LogP contribution is -2.17. The first-order chi connectivity index (χ1) is 8.58. The van der Waals surface area contributed by atoms with Gasteiger partial charge in [-0.1, -0.05) is 0 Å². The summed E-state index contributed by atoms with van der Waals surface area (Å²) in [7, 11) is 0. The fourth-order valence-corrected chi connectivity index (χ4v) is 2.92. The van der Waals surface area contributed by atoms with Crippen LogP contribution in [0.4, 0.5) is 4.39 Å². The standard InChI is InChI=1S/C11H5FN2O3S/c12-5-1-2-7-8(3-5)18-9-6(10(15)16)4-13-11(17)14(7)9/h1-4H,(H,15,16). The van der Waals surface area contributed by atoms with Crippen molar-refractivity contribution in [3.05, 3.63) is 46.3 Å². The monoisotopic (exact) mass is 264 g/mol. The number of fused-ring (bicyclic) bond motifs is 3. The Morgan fingerprint density at radius 1 is 1.44 bits per heavy atom. The lowest BCUT2D eigenvalue weighted by atomic mass is 10.3. The van der Waals surface area contributed by atoms with Gasteiger partial charge in [-0.15, -0.1) is 11.3 Å². The Hall–Kier alpha value is -2.28. The largest absolute Gasteiger partial charge is 0.478 e. The lowest BCUT2D eigenvalue weighted by molar-refractivity contribution is 0.0698. The number of hydrogen-bond donors (Lipinski definition) is 1. The molecule has 0 radical (unpaired) electrons. The average Bonchev–Trinajstić information content (AvgIpc) is 2.67. The van der Waals surface area contributed by atoms with Gasteiger partial charge in [-0.3, -0.25) is 0 Å². The molecule has 1 N–H and O–H groups in total. The molecule has 3 rings (SSSR count). The number of halogens is 1. The van der Waals surface area contributed by atoms with Crippen LogP contribution >= 0.6 is 11.3 Å². The van der Waals surface area contributed by atoms with Crippen LogP contribution in [0.2, 0.25) is 0 Å². The predicted octanol–water partition coefficient (Wildman–Crippen LogP) is 1.75. The van der Waals surface area contributed by atoms with Crippen molar-refractivity contribution in [1.82, 2.24) is 9.38 Å². The molecule has 0 amide bonds. The summed E-state index contributed by atoms with van der Waals surface area (Å²) < 4.78 is 14.8. The second-order valence-corrected chi connectivity index (χ2v) is 4.64. The molecule has 0 aliphatic rings. The quantitative estimate of drug-likeness (QED) is 0.726. The minimum absolute atomic E-state index is 0.0730. The van der Waals surface area contributed by atoms with Gasteiger partial charge in [0.15, 0.2) is 0 Å². The van der Waals surface area contributed by atoms with Gasteiger partial charge in [-0.05, 0) is 18.2 Å². The zero-order chi connectivity index (χ0) is 12.9. The number of carbonyl (C=O) groups is 1. The van der Waals surface area contributed by atoms with E-state index in [1.54, 1.807) is 0 Å². The van der Waals surface area contributed by atoms with E-state index in [0.717, 1.165) is 17.5 Å². The first-order valence-corrected chi connectivity index (χ1v) is 5.72. The molecule has 0 saturated carbocycles. The van der Waals surface area contributed by atoms with Gasteiger partial charge in [0.1, 0.15) is 16.2 Å². The highest BCUT2D eigenvalue weighted by Gasteiger charge is 2.15. The van der Waals surface area contributed by atoms with Crippen molar-refractivity contribution >= 4 is 32.4 Å². The summed E-state index contributed by atoms with van der Waals surface area (Å²) in [6.07, 6.45) is 1.02. The minimum atomic E-state index is -1.17. The molecule has 90 valence electrons. The summed E-state index contributed by atoms with van der Waals surface area (Å²) in [5, 5.41) is 9.03. The van der Waals surface area contributed by atoms with Crippen molar-refractivity contribution in [2.24, 2.45) is 0 Å². The summed E-state index contributed by atoms with van der Waals surface area (Å²) >= 11 is 1.05. The normalized spacial score (nSPS) is 11.2. The Morgan fingerprint density at radius 2 is 2.22 bits per heavy atom. The van der Waals surface area contributed by atoms with Crippen molar-refractivity contribution < 1.29 is 14.3 Å². The highest BCUT2D eigenvalue weighted by Crippen LogP contribution is 2.27. The molecule has 0 atom stereocenters. The molecule has 5 nitrogen and oxygen atoms in total. The number of benzene rings is 1. The number of rotatable bonds is 1. The van der Waals surface area contributed by atoms with Crippen molar-refractivity contribution in [3.8, 4) is 0 Å². The zero-order valence-corrected chi connectivity index (χ0v) is 9.57. The third kappa shape index (κ3) is 1.41. The van der Waals surface area contributed by atoms with Crippen molar-refractivity contribution in [1.29, 1.82) is 0 Å². The van der Waals surface area contributed by atoms with Crippen LogP contribution in [0.3, 0.4) is 0 Å². The van der Waals surface area contributed by atoms with Gasteiger partial charge in [-0.25, -0.2) is 23.4 Å². The first kappa shape index (κ1) is 10.8. The maximum atomic E-state index is 13.1. The van der Waals surface area contributed by atoms with E-state index in [1.165, 1.54) is 22.6 Å². The highest BCUT2D eigenvalue weighted by molar-refractivity contribution is 7.24. The maximum absolute atomic E-state index is 13.1. The van der Waals surface area contributed by atoms with Crippen LogP contribution in [0.5, 0.6) is 0 Å². The Kier molecular flexibility index (Phi) is 2.17. The number of nitrogens with zero attached hydrogens (tertiary/aromatic N) is 2. The molecule has 0 saturated heterocycles. The van der Waals surface area contributed by atoms with E-state index in [2.05, 4.69) is 4.98 Å². The van der Waals surface area contributed by atoms with E-state index < -0.39 is 17.5 Å². The summed E-state index contributed by atoms with van der Waals surface area (Å²) in [6.45, 7) is 0. The van der Waals surface area contributed by atoms with Crippen molar-refractivity contribution in [3.63, 3.8) is 0 Å². The fourth-order valence-electron chi connectivity index (χ4n) is 1.76. The Balaban J connectivity index is 2.60. The molecular formula is C11H5FN2O3S. The van der Waals surface area contributed by atoms with Gasteiger partial charge in [0.2, 0.25) is 0 Å². The third-order valence-electron chi connectivity index (χ3n) is 2.53. The smallest absolute Gasteiger partial charge is 0.353 e. The second-order valence-electron chi connectivity index (χ2n) is 3.61. The van der Waals surface area contributed by atoms with E-state index in [-0.39, 0.29) is 10.4 Å². The van der Waals surface area contributed by atoms with Gasteiger partial charge in [0.05, 0.1) is 16.4 Å². The molecule has 0 fully saturated rings.